The number of para-hydroxylation sites is 2. The Morgan fingerprint density at radius 2 is 1.91 bits per heavy atom. The summed E-state index contributed by atoms with van der Waals surface area (Å²) in [4.78, 5) is 26.1. The molecule has 2 aromatic rings. The fourth-order valence-electron chi connectivity index (χ4n) is 2.27. The lowest BCUT2D eigenvalue weighted by molar-refractivity contribution is -0.131. The van der Waals surface area contributed by atoms with E-state index in [-0.39, 0.29) is 12.5 Å². The number of hydrazine groups is 1. The van der Waals surface area contributed by atoms with Crippen molar-refractivity contribution in [1.82, 2.24) is 10.9 Å². The smallest absolute Gasteiger partial charge is 0.283 e. The van der Waals surface area contributed by atoms with Crippen LogP contribution in [0.5, 0.6) is 11.5 Å². The minimum absolute atomic E-state index is 0.0926. The van der Waals surface area contributed by atoms with Gasteiger partial charge in [-0.25, -0.2) is 0 Å². The van der Waals surface area contributed by atoms with Crippen molar-refractivity contribution in [2.24, 2.45) is 0 Å². The van der Waals surface area contributed by atoms with Gasteiger partial charge in [-0.05, 0) is 32.0 Å². The Balaban J connectivity index is 1.58. The van der Waals surface area contributed by atoms with Crippen molar-refractivity contribution in [2.45, 2.75) is 20.0 Å². The zero-order valence-corrected chi connectivity index (χ0v) is 13.5. The van der Waals surface area contributed by atoms with Crippen molar-refractivity contribution in [2.75, 3.05) is 6.61 Å². The van der Waals surface area contributed by atoms with Gasteiger partial charge in [-0.1, -0.05) is 12.1 Å². The molecule has 1 aromatic heterocycles. The van der Waals surface area contributed by atoms with Crippen LogP contribution >= 0.6 is 11.3 Å². The average Bonchev–Trinajstić information content (AvgIpc) is 2.90. The second kappa shape index (κ2) is 6.29. The molecule has 23 heavy (non-hydrogen) atoms. The Hall–Kier alpha value is -2.54. The van der Waals surface area contributed by atoms with E-state index in [0.717, 1.165) is 9.75 Å². The molecule has 1 aliphatic heterocycles. The van der Waals surface area contributed by atoms with Gasteiger partial charge in [0.1, 0.15) is 6.61 Å². The second-order valence-corrected chi connectivity index (χ2v) is 6.59. The van der Waals surface area contributed by atoms with Crippen molar-refractivity contribution in [3.63, 3.8) is 0 Å². The summed E-state index contributed by atoms with van der Waals surface area (Å²) in [7, 11) is 0. The molecule has 7 heteroatoms. The van der Waals surface area contributed by atoms with Crippen molar-refractivity contribution in [3.05, 3.63) is 45.6 Å². The van der Waals surface area contributed by atoms with Gasteiger partial charge < -0.3 is 9.47 Å². The fourth-order valence-corrected chi connectivity index (χ4v) is 3.19. The minimum atomic E-state index is -0.810. The normalized spacial score (nSPS) is 15.8. The molecule has 1 unspecified atom stereocenters. The molecule has 0 saturated carbocycles. The summed E-state index contributed by atoms with van der Waals surface area (Å²) in [5.74, 6) is 0.300. The molecule has 6 nitrogen and oxygen atoms in total. The summed E-state index contributed by atoms with van der Waals surface area (Å²) < 4.78 is 11.0. The van der Waals surface area contributed by atoms with E-state index in [1.807, 2.05) is 19.9 Å². The van der Waals surface area contributed by atoms with Crippen LogP contribution in [0, 0.1) is 13.8 Å². The standard InChI is InChI=1S/C16H16N2O4S/c1-9-7-11(10(2)23-9)15(19)17-18-16(20)14-8-21-12-5-3-4-6-13(12)22-14/h3-7,14H,8H2,1-2H3,(H,17,19)(H,18,20). The van der Waals surface area contributed by atoms with Gasteiger partial charge in [-0.2, -0.15) is 0 Å². The molecule has 1 aliphatic rings. The lowest BCUT2D eigenvalue weighted by Crippen LogP contribution is -2.50. The highest BCUT2D eigenvalue weighted by atomic mass is 32.1. The number of hydrogen-bond acceptors (Lipinski definition) is 5. The Bertz CT molecular complexity index is 756. The van der Waals surface area contributed by atoms with Crippen LogP contribution in [0.4, 0.5) is 0 Å². The lowest BCUT2D eigenvalue weighted by Gasteiger charge is -2.25. The number of rotatable bonds is 2. The van der Waals surface area contributed by atoms with Crippen LogP contribution in [0.2, 0.25) is 0 Å². The average molecular weight is 332 g/mol. The van der Waals surface area contributed by atoms with Crippen LogP contribution in [0.3, 0.4) is 0 Å². The van der Waals surface area contributed by atoms with Crippen LogP contribution in [0.25, 0.3) is 0 Å². The van der Waals surface area contributed by atoms with Crippen LogP contribution in [0.15, 0.2) is 30.3 Å². The van der Waals surface area contributed by atoms with Crippen LogP contribution < -0.4 is 20.3 Å². The molecule has 0 saturated heterocycles. The van der Waals surface area contributed by atoms with E-state index < -0.39 is 12.0 Å². The van der Waals surface area contributed by atoms with E-state index in [1.165, 1.54) is 11.3 Å². The first-order chi connectivity index (χ1) is 11.0. The van der Waals surface area contributed by atoms with Crippen LogP contribution in [-0.4, -0.2) is 24.5 Å². The number of thiophene rings is 1. The number of benzene rings is 1. The molecule has 1 aromatic carbocycles. The first-order valence-electron chi connectivity index (χ1n) is 7.10. The maximum atomic E-state index is 12.1. The molecule has 3 rings (SSSR count). The molecule has 0 radical (unpaired) electrons. The second-order valence-electron chi connectivity index (χ2n) is 5.13. The molecule has 0 spiro atoms. The third kappa shape index (κ3) is 3.29. The number of carbonyl (C=O) groups excluding carboxylic acids is 2. The van der Waals surface area contributed by atoms with Gasteiger partial charge in [0.2, 0.25) is 6.10 Å². The van der Waals surface area contributed by atoms with E-state index in [4.69, 9.17) is 9.47 Å². The zero-order valence-electron chi connectivity index (χ0n) is 12.7. The van der Waals surface area contributed by atoms with Crippen molar-refractivity contribution < 1.29 is 19.1 Å². The summed E-state index contributed by atoms with van der Waals surface area (Å²) in [5.41, 5.74) is 5.34. The number of carbonyl (C=O) groups is 2. The van der Waals surface area contributed by atoms with E-state index >= 15 is 0 Å². The summed E-state index contributed by atoms with van der Waals surface area (Å²) in [6.07, 6.45) is -0.810. The Labute approximate surface area is 137 Å². The number of nitrogens with one attached hydrogen (secondary N) is 2. The molecule has 1 atom stereocenters. The summed E-state index contributed by atoms with van der Waals surface area (Å²) in [5, 5.41) is 0. The highest BCUT2D eigenvalue weighted by Gasteiger charge is 2.27. The fraction of sp³-hybridized carbons (Fsp3) is 0.250. The largest absolute Gasteiger partial charge is 0.485 e. The third-order valence-corrected chi connectivity index (χ3v) is 4.35. The monoisotopic (exact) mass is 332 g/mol. The lowest BCUT2D eigenvalue weighted by atomic mass is 10.2. The Morgan fingerprint density at radius 1 is 1.17 bits per heavy atom. The number of aryl methyl sites for hydroxylation is 2. The van der Waals surface area contributed by atoms with Crippen molar-refractivity contribution in [1.29, 1.82) is 0 Å². The maximum absolute atomic E-state index is 12.1. The zero-order chi connectivity index (χ0) is 16.4. The molecule has 2 N–H and O–H groups in total. The topological polar surface area (TPSA) is 76.7 Å². The number of amides is 2. The minimum Gasteiger partial charge on any atom is -0.485 e. The molecule has 2 amide bonds. The summed E-state index contributed by atoms with van der Waals surface area (Å²) in [6, 6.07) is 8.91. The molecule has 0 bridgehead atoms. The molecule has 0 fully saturated rings. The molecule has 0 aliphatic carbocycles. The number of hydrogen-bond donors (Lipinski definition) is 2. The highest BCUT2D eigenvalue weighted by molar-refractivity contribution is 7.12. The summed E-state index contributed by atoms with van der Waals surface area (Å²) in [6.45, 7) is 3.89. The first kappa shape index (κ1) is 15.4. The van der Waals surface area contributed by atoms with E-state index in [9.17, 15) is 9.59 Å². The molecular formula is C16H16N2O4S. The van der Waals surface area contributed by atoms with Gasteiger partial charge in [0.05, 0.1) is 5.56 Å². The summed E-state index contributed by atoms with van der Waals surface area (Å²) >= 11 is 1.53. The van der Waals surface area contributed by atoms with Gasteiger partial charge in [-0.15, -0.1) is 11.3 Å². The number of ether oxygens (including phenoxy) is 2. The van der Waals surface area contributed by atoms with E-state index in [2.05, 4.69) is 10.9 Å². The molecular weight excluding hydrogens is 316 g/mol. The maximum Gasteiger partial charge on any atom is 0.283 e. The Morgan fingerprint density at radius 3 is 2.61 bits per heavy atom. The van der Waals surface area contributed by atoms with Crippen LogP contribution in [0.1, 0.15) is 20.1 Å². The first-order valence-corrected chi connectivity index (χ1v) is 7.92. The predicted molar refractivity (Wildman–Crippen MR) is 85.8 cm³/mol. The molecule has 120 valence electrons. The van der Waals surface area contributed by atoms with Crippen molar-refractivity contribution in [3.8, 4) is 11.5 Å². The quantitative estimate of drug-likeness (QED) is 0.824. The van der Waals surface area contributed by atoms with Crippen LogP contribution in [-0.2, 0) is 4.79 Å². The van der Waals surface area contributed by atoms with E-state index in [1.54, 1.807) is 24.3 Å². The molecule has 2 heterocycles. The predicted octanol–water partition coefficient (Wildman–Crippen LogP) is 1.97. The van der Waals surface area contributed by atoms with Gasteiger partial charge >= 0.3 is 0 Å². The van der Waals surface area contributed by atoms with Gasteiger partial charge in [-0.3, -0.25) is 20.4 Å². The number of fused-ring (bicyclic) bond motifs is 1. The van der Waals surface area contributed by atoms with Crippen molar-refractivity contribution >= 4 is 23.2 Å². The highest BCUT2D eigenvalue weighted by Crippen LogP contribution is 2.30. The van der Waals surface area contributed by atoms with Gasteiger partial charge in [0.25, 0.3) is 11.8 Å². The van der Waals surface area contributed by atoms with Gasteiger partial charge in [0, 0.05) is 9.75 Å². The van der Waals surface area contributed by atoms with E-state index in [0.29, 0.717) is 17.1 Å². The van der Waals surface area contributed by atoms with Gasteiger partial charge in [0.15, 0.2) is 11.5 Å². The Kier molecular flexibility index (Phi) is 4.20. The SMILES string of the molecule is Cc1cc(C(=O)NNC(=O)C2COc3ccccc3O2)c(C)s1. The third-order valence-electron chi connectivity index (χ3n) is 3.39.